The van der Waals surface area contributed by atoms with Crippen LogP contribution < -0.4 is 0 Å². The number of halogens is 2. The zero-order valence-corrected chi connectivity index (χ0v) is 16.9. The molecule has 0 amide bonds. The first-order valence-corrected chi connectivity index (χ1v) is 9.84. The number of methoxy groups -OCH3 is 1. The first kappa shape index (κ1) is 19.7. The molecule has 0 spiro atoms. The molecule has 1 aliphatic carbocycles. The number of ether oxygens (including phenoxy) is 2. The van der Waals surface area contributed by atoms with Crippen LogP contribution in [0, 0.1) is 0 Å². The predicted molar refractivity (Wildman–Crippen MR) is 103 cm³/mol. The van der Waals surface area contributed by atoms with E-state index >= 15 is 0 Å². The molecule has 24 heavy (non-hydrogen) atoms. The van der Waals surface area contributed by atoms with E-state index < -0.39 is 10.7 Å². The van der Waals surface area contributed by atoms with Crippen molar-refractivity contribution in [2.24, 2.45) is 0 Å². The van der Waals surface area contributed by atoms with E-state index in [1.165, 1.54) is 7.11 Å². The number of hydrogen-bond donors (Lipinski definition) is 0. The minimum atomic E-state index is -1.43. The van der Waals surface area contributed by atoms with Gasteiger partial charge in [0.05, 0.1) is 13.7 Å². The van der Waals surface area contributed by atoms with Crippen molar-refractivity contribution in [2.45, 2.75) is 24.0 Å². The smallest absolute Gasteiger partial charge is 0.330 e. The van der Waals surface area contributed by atoms with Crippen LogP contribution in [0.2, 0.25) is 0 Å². The van der Waals surface area contributed by atoms with Gasteiger partial charge in [-0.25, -0.2) is 0 Å². The van der Waals surface area contributed by atoms with Gasteiger partial charge in [-0.15, -0.1) is 11.6 Å². The van der Waals surface area contributed by atoms with Crippen molar-refractivity contribution in [3.8, 4) is 0 Å². The molecule has 2 rings (SSSR count). The van der Waals surface area contributed by atoms with Gasteiger partial charge in [-0.2, -0.15) is 0 Å². The van der Waals surface area contributed by atoms with Gasteiger partial charge in [0.1, 0.15) is 0 Å². The van der Waals surface area contributed by atoms with E-state index in [0.29, 0.717) is 18.1 Å². The lowest BCUT2D eigenvalue weighted by Crippen LogP contribution is -2.43. The van der Waals surface area contributed by atoms with Crippen LogP contribution in [0.3, 0.4) is 0 Å². The van der Waals surface area contributed by atoms with Crippen LogP contribution in [0.1, 0.15) is 28.8 Å². The number of benzene rings is 1. The van der Waals surface area contributed by atoms with Gasteiger partial charge in [0.2, 0.25) is 4.38 Å². The quantitative estimate of drug-likeness (QED) is 0.213. The molecule has 0 bridgehead atoms. The molecule has 0 heterocycles. The Morgan fingerprint density at radius 1 is 1.46 bits per heavy atom. The number of thiocarbonyl (C=S) groups is 1. The summed E-state index contributed by atoms with van der Waals surface area (Å²) in [6, 6.07) is 5.31. The average Bonchev–Trinajstić information content (AvgIpc) is 2.86. The SMILES string of the molecule is COC(=O)C1(SC(=S)OCCCCCl)Cc2c(Br)cccc2C1=O. The van der Waals surface area contributed by atoms with Crippen molar-refractivity contribution < 1.29 is 19.1 Å². The van der Waals surface area contributed by atoms with E-state index in [1.54, 1.807) is 12.1 Å². The summed E-state index contributed by atoms with van der Waals surface area (Å²) in [6.07, 6.45) is 1.79. The van der Waals surface area contributed by atoms with E-state index in [1.807, 2.05) is 6.07 Å². The zero-order chi connectivity index (χ0) is 17.7. The Labute approximate surface area is 163 Å². The third-order valence-electron chi connectivity index (χ3n) is 3.68. The van der Waals surface area contributed by atoms with Crippen molar-refractivity contribution >= 4 is 67.6 Å². The molecule has 8 heteroatoms. The van der Waals surface area contributed by atoms with Gasteiger partial charge < -0.3 is 9.47 Å². The largest absolute Gasteiger partial charge is 0.479 e. The minimum absolute atomic E-state index is 0.159. The van der Waals surface area contributed by atoms with E-state index in [-0.39, 0.29) is 16.6 Å². The first-order chi connectivity index (χ1) is 11.5. The van der Waals surface area contributed by atoms with Crippen molar-refractivity contribution in [1.82, 2.24) is 0 Å². The first-order valence-electron chi connectivity index (χ1n) is 7.28. The number of unbranched alkanes of at least 4 members (excludes halogenated alkanes) is 1. The number of hydrogen-bond acceptors (Lipinski definition) is 6. The lowest BCUT2D eigenvalue weighted by Gasteiger charge is -2.23. The monoisotopic (exact) mass is 450 g/mol. The summed E-state index contributed by atoms with van der Waals surface area (Å²) in [5.74, 6) is -0.369. The second-order valence-corrected chi connectivity index (χ2v) is 8.32. The molecule has 1 aromatic carbocycles. The molecule has 0 N–H and O–H groups in total. The molecule has 0 aromatic heterocycles. The number of Topliss-reactive ketones (excluding diaryl/α,β-unsaturated/α-hetero) is 1. The number of alkyl halides is 1. The molecular weight excluding hydrogens is 436 g/mol. The lowest BCUT2D eigenvalue weighted by atomic mass is 10.0. The molecule has 0 aliphatic heterocycles. The normalized spacial score (nSPS) is 19.0. The molecular formula is C16H16BrClO4S2. The number of thioether (sulfide) groups is 1. The van der Waals surface area contributed by atoms with E-state index in [4.69, 9.17) is 33.3 Å². The highest BCUT2D eigenvalue weighted by atomic mass is 79.9. The van der Waals surface area contributed by atoms with Crippen LogP contribution in [0.5, 0.6) is 0 Å². The van der Waals surface area contributed by atoms with Gasteiger partial charge in [-0.3, -0.25) is 9.59 Å². The highest BCUT2D eigenvalue weighted by Gasteiger charge is 2.55. The van der Waals surface area contributed by atoms with Crippen LogP contribution in [0.15, 0.2) is 22.7 Å². The van der Waals surface area contributed by atoms with E-state index in [2.05, 4.69) is 15.9 Å². The Kier molecular flexibility index (Phi) is 7.10. The number of fused-ring (bicyclic) bond motifs is 1. The van der Waals surface area contributed by atoms with Crippen molar-refractivity contribution in [3.05, 3.63) is 33.8 Å². The molecule has 130 valence electrons. The van der Waals surface area contributed by atoms with Crippen LogP contribution >= 0.6 is 51.5 Å². The Bertz CT molecular complexity index is 667. The van der Waals surface area contributed by atoms with Gasteiger partial charge >= 0.3 is 5.97 Å². The predicted octanol–water partition coefficient (Wildman–Crippen LogP) is 4.15. The van der Waals surface area contributed by atoms with Crippen LogP contribution in [0.25, 0.3) is 0 Å². The number of carbonyl (C=O) groups is 2. The standard InChI is InChI=1S/C16H16BrClO4S2/c1-21-14(20)16(24-15(23)22-8-3-2-7-18)9-11-10(13(16)19)5-4-6-12(11)17/h4-6H,2-3,7-9H2,1H3. The summed E-state index contributed by atoms with van der Waals surface area (Å²) in [4.78, 5) is 25.3. The molecule has 4 nitrogen and oxygen atoms in total. The van der Waals surface area contributed by atoms with Gasteiger partial charge in [0.15, 0.2) is 10.5 Å². The fourth-order valence-electron chi connectivity index (χ4n) is 2.48. The molecule has 0 radical (unpaired) electrons. The zero-order valence-electron chi connectivity index (χ0n) is 13.0. The summed E-state index contributed by atoms with van der Waals surface area (Å²) in [5.41, 5.74) is 1.29. The Balaban J connectivity index is 2.21. The van der Waals surface area contributed by atoms with Gasteiger partial charge in [-0.05, 0) is 48.5 Å². The third kappa shape index (κ3) is 3.95. The van der Waals surface area contributed by atoms with E-state index in [0.717, 1.165) is 34.6 Å². The molecule has 1 atom stereocenters. The van der Waals surface area contributed by atoms with E-state index in [9.17, 15) is 9.59 Å². The summed E-state index contributed by atoms with van der Waals surface area (Å²) in [7, 11) is 1.26. The molecule has 0 saturated heterocycles. The fraction of sp³-hybridized carbons (Fsp3) is 0.438. The number of carbonyl (C=O) groups excluding carboxylic acids is 2. The molecule has 0 fully saturated rings. The minimum Gasteiger partial charge on any atom is -0.479 e. The molecule has 1 aliphatic rings. The molecule has 1 unspecified atom stereocenters. The summed E-state index contributed by atoms with van der Waals surface area (Å²) in [6.45, 7) is 0.403. The van der Waals surface area contributed by atoms with Crippen molar-refractivity contribution in [1.29, 1.82) is 0 Å². The van der Waals surface area contributed by atoms with Crippen LogP contribution in [-0.2, 0) is 20.7 Å². The van der Waals surface area contributed by atoms with Gasteiger partial charge in [0, 0.05) is 22.3 Å². The summed E-state index contributed by atoms with van der Waals surface area (Å²) < 4.78 is 9.88. The summed E-state index contributed by atoms with van der Waals surface area (Å²) in [5, 5.41) is 0. The Morgan fingerprint density at radius 3 is 2.83 bits per heavy atom. The number of rotatable bonds is 6. The summed E-state index contributed by atoms with van der Waals surface area (Å²) >= 11 is 15.2. The lowest BCUT2D eigenvalue weighted by molar-refractivity contribution is -0.141. The molecule has 0 saturated carbocycles. The topological polar surface area (TPSA) is 52.6 Å². The maximum atomic E-state index is 12.9. The highest BCUT2D eigenvalue weighted by molar-refractivity contribution is 9.10. The van der Waals surface area contributed by atoms with Crippen molar-refractivity contribution in [2.75, 3.05) is 19.6 Å². The van der Waals surface area contributed by atoms with Crippen LogP contribution in [0.4, 0.5) is 0 Å². The average molecular weight is 452 g/mol. The Morgan fingerprint density at radius 2 is 2.21 bits per heavy atom. The second kappa shape index (κ2) is 8.65. The second-order valence-electron chi connectivity index (χ2n) is 5.19. The maximum Gasteiger partial charge on any atom is 0.330 e. The van der Waals surface area contributed by atoms with Crippen molar-refractivity contribution in [3.63, 3.8) is 0 Å². The highest BCUT2D eigenvalue weighted by Crippen LogP contribution is 2.44. The van der Waals surface area contributed by atoms with Gasteiger partial charge in [0.25, 0.3) is 0 Å². The Hall–Kier alpha value is -0.630. The molecule has 1 aromatic rings. The van der Waals surface area contributed by atoms with Crippen LogP contribution in [-0.4, -0.2) is 40.5 Å². The third-order valence-corrected chi connectivity index (χ3v) is 6.18. The number of esters is 1. The maximum absolute atomic E-state index is 12.9. The number of ketones is 1. The van der Waals surface area contributed by atoms with Gasteiger partial charge in [-0.1, -0.05) is 28.1 Å². The fourth-order valence-corrected chi connectivity index (χ4v) is 4.69.